The van der Waals surface area contributed by atoms with Gasteiger partial charge < -0.3 is 15.3 Å². The number of urea groups is 1. The third kappa shape index (κ3) is 2.68. The molecule has 0 aliphatic carbocycles. The van der Waals surface area contributed by atoms with Crippen molar-refractivity contribution < 1.29 is 27.9 Å². The first-order chi connectivity index (χ1) is 8.08. The Bertz CT molecular complexity index is 359. The highest BCUT2D eigenvalue weighted by Gasteiger charge is 2.59. The third-order valence-electron chi connectivity index (χ3n) is 3.06. The molecule has 8 heteroatoms. The standard InChI is InChI=1S/C10H15F3N2O3/c1-6-3-4-15(5-6)8(18)14-9(2,7(16)17)10(11,12)13/h6H,3-5H2,1-2H3,(H,14,18)(H,16,17). The van der Waals surface area contributed by atoms with E-state index >= 15 is 0 Å². The molecule has 1 aliphatic heterocycles. The number of carboxylic acid groups (broad SMARTS) is 1. The first-order valence-corrected chi connectivity index (χ1v) is 5.45. The summed E-state index contributed by atoms with van der Waals surface area (Å²) in [5, 5.41) is 10.2. The summed E-state index contributed by atoms with van der Waals surface area (Å²) < 4.78 is 38.0. The van der Waals surface area contributed by atoms with Gasteiger partial charge in [-0.2, -0.15) is 13.2 Å². The van der Waals surface area contributed by atoms with Crippen LogP contribution in [0.5, 0.6) is 0 Å². The summed E-state index contributed by atoms with van der Waals surface area (Å²) in [6.07, 6.45) is -4.36. The fourth-order valence-electron chi connectivity index (χ4n) is 1.66. The first kappa shape index (κ1) is 14.6. The molecule has 104 valence electrons. The molecule has 0 saturated carbocycles. The quantitative estimate of drug-likeness (QED) is 0.796. The fourth-order valence-corrected chi connectivity index (χ4v) is 1.66. The van der Waals surface area contributed by atoms with Crippen LogP contribution in [0.3, 0.4) is 0 Å². The SMILES string of the molecule is CC1CCN(C(=O)NC(C)(C(=O)O)C(F)(F)F)C1. The van der Waals surface area contributed by atoms with E-state index in [-0.39, 0.29) is 5.92 Å². The van der Waals surface area contributed by atoms with Crippen molar-refractivity contribution in [3.63, 3.8) is 0 Å². The number of hydrogen-bond acceptors (Lipinski definition) is 2. The number of rotatable bonds is 2. The molecule has 18 heavy (non-hydrogen) atoms. The van der Waals surface area contributed by atoms with Gasteiger partial charge in [0.05, 0.1) is 0 Å². The average Bonchev–Trinajstić information content (AvgIpc) is 2.62. The Kier molecular flexibility index (Phi) is 3.78. The summed E-state index contributed by atoms with van der Waals surface area (Å²) in [6, 6.07) is -0.999. The number of likely N-dealkylation sites (tertiary alicyclic amines) is 1. The Hall–Kier alpha value is -1.47. The number of amides is 2. The largest absolute Gasteiger partial charge is 0.479 e. The van der Waals surface area contributed by atoms with Crippen LogP contribution in [0, 0.1) is 5.92 Å². The van der Waals surface area contributed by atoms with E-state index in [2.05, 4.69) is 0 Å². The van der Waals surface area contributed by atoms with Crippen molar-refractivity contribution in [3.05, 3.63) is 0 Å². The van der Waals surface area contributed by atoms with Crippen LogP contribution in [0.4, 0.5) is 18.0 Å². The molecule has 2 N–H and O–H groups in total. The van der Waals surface area contributed by atoms with Gasteiger partial charge in [0.2, 0.25) is 5.54 Å². The smallest absolute Gasteiger partial charge is 0.422 e. The predicted octanol–water partition coefficient (Wildman–Crippen LogP) is 1.44. The van der Waals surface area contributed by atoms with Gasteiger partial charge in [-0.25, -0.2) is 9.59 Å². The molecule has 0 aromatic carbocycles. The number of nitrogens with one attached hydrogen (secondary N) is 1. The van der Waals surface area contributed by atoms with Gasteiger partial charge in [-0.3, -0.25) is 0 Å². The Morgan fingerprint density at radius 3 is 2.28 bits per heavy atom. The lowest BCUT2D eigenvalue weighted by Gasteiger charge is -2.30. The second kappa shape index (κ2) is 4.66. The molecule has 2 unspecified atom stereocenters. The number of hydrogen-bond donors (Lipinski definition) is 2. The molecule has 0 bridgehead atoms. The zero-order valence-corrected chi connectivity index (χ0v) is 10.0. The molecule has 0 aromatic rings. The Balaban J connectivity index is 2.80. The van der Waals surface area contributed by atoms with Crippen LogP contribution in [-0.2, 0) is 4.79 Å². The van der Waals surface area contributed by atoms with E-state index in [4.69, 9.17) is 5.11 Å². The molecule has 0 aromatic heterocycles. The predicted molar refractivity (Wildman–Crippen MR) is 56.0 cm³/mol. The van der Waals surface area contributed by atoms with Gasteiger partial charge in [-0.1, -0.05) is 6.92 Å². The van der Waals surface area contributed by atoms with Crippen LogP contribution in [-0.4, -0.2) is 46.8 Å². The van der Waals surface area contributed by atoms with Crippen molar-refractivity contribution >= 4 is 12.0 Å². The third-order valence-corrected chi connectivity index (χ3v) is 3.06. The zero-order chi connectivity index (χ0) is 14.1. The molecule has 1 heterocycles. The highest BCUT2D eigenvalue weighted by Crippen LogP contribution is 2.31. The van der Waals surface area contributed by atoms with E-state index in [1.165, 1.54) is 4.90 Å². The molecule has 2 atom stereocenters. The molecule has 1 aliphatic rings. The van der Waals surface area contributed by atoms with Gasteiger partial charge in [0, 0.05) is 13.1 Å². The maximum atomic E-state index is 12.7. The maximum Gasteiger partial charge on any atom is 0.422 e. The van der Waals surface area contributed by atoms with Gasteiger partial charge in [0.1, 0.15) is 0 Å². The van der Waals surface area contributed by atoms with E-state index < -0.39 is 23.7 Å². The summed E-state index contributed by atoms with van der Waals surface area (Å²) in [5.74, 6) is -1.92. The molecule has 1 saturated heterocycles. The number of nitrogens with zero attached hydrogens (tertiary/aromatic N) is 1. The molecule has 5 nitrogen and oxygen atoms in total. The van der Waals surface area contributed by atoms with E-state index in [0.29, 0.717) is 26.4 Å². The molecular weight excluding hydrogens is 253 g/mol. The Morgan fingerprint density at radius 1 is 1.39 bits per heavy atom. The summed E-state index contributed by atoms with van der Waals surface area (Å²) in [6.45, 7) is 2.97. The molecule has 0 radical (unpaired) electrons. The minimum absolute atomic E-state index is 0.206. The van der Waals surface area contributed by atoms with Gasteiger partial charge in [-0.05, 0) is 19.3 Å². The van der Waals surface area contributed by atoms with Gasteiger partial charge in [0.25, 0.3) is 0 Å². The van der Waals surface area contributed by atoms with Crippen LogP contribution < -0.4 is 5.32 Å². The first-order valence-electron chi connectivity index (χ1n) is 5.45. The number of carbonyl (C=O) groups is 2. The van der Waals surface area contributed by atoms with Crippen molar-refractivity contribution in [2.75, 3.05) is 13.1 Å². The van der Waals surface area contributed by atoms with Crippen LogP contribution in [0.1, 0.15) is 20.3 Å². The molecule has 2 amide bonds. The van der Waals surface area contributed by atoms with Crippen molar-refractivity contribution in [3.8, 4) is 0 Å². The second-order valence-corrected chi connectivity index (χ2v) is 4.70. The molecular formula is C10H15F3N2O3. The van der Waals surface area contributed by atoms with Crippen molar-refractivity contribution in [1.82, 2.24) is 10.2 Å². The van der Waals surface area contributed by atoms with E-state index in [0.717, 1.165) is 0 Å². The van der Waals surface area contributed by atoms with Crippen molar-refractivity contribution in [2.24, 2.45) is 5.92 Å². The average molecular weight is 268 g/mol. The minimum Gasteiger partial charge on any atom is -0.479 e. The summed E-state index contributed by atoms with van der Waals surface area (Å²) >= 11 is 0. The topological polar surface area (TPSA) is 69.6 Å². The monoisotopic (exact) mass is 268 g/mol. The summed E-state index contributed by atoms with van der Waals surface area (Å²) in [7, 11) is 0. The van der Waals surface area contributed by atoms with E-state index in [1.54, 1.807) is 5.32 Å². The highest BCUT2D eigenvalue weighted by molar-refractivity contribution is 5.86. The summed E-state index contributed by atoms with van der Waals surface area (Å²) in [4.78, 5) is 23.5. The Labute approximate surface area is 102 Å². The Morgan fingerprint density at radius 2 is 1.94 bits per heavy atom. The molecule has 1 rings (SSSR count). The fraction of sp³-hybridized carbons (Fsp3) is 0.800. The lowest BCUT2D eigenvalue weighted by Crippen LogP contribution is -2.63. The van der Waals surface area contributed by atoms with Crippen LogP contribution in [0.2, 0.25) is 0 Å². The summed E-state index contributed by atoms with van der Waals surface area (Å²) in [5.41, 5.74) is -3.27. The second-order valence-electron chi connectivity index (χ2n) is 4.70. The minimum atomic E-state index is -5.06. The number of alkyl halides is 3. The highest BCUT2D eigenvalue weighted by atomic mass is 19.4. The zero-order valence-electron chi connectivity index (χ0n) is 10.0. The lowest BCUT2D eigenvalue weighted by atomic mass is 10.0. The number of halogens is 3. The maximum absolute atomic E-state index is 12.7. The van der Waals surface area contributed by atoms with Crippen LogP contribution in [0.15, 0.2) is 0 Å². The van der Waals surface area contributed by atoms with E-state index in [1.807, 2.05) is 6.92 Å². The van der Waals surface area contributed by atoms with Gasteiger partial charge in [-0.15, -0.1) is 0 Å². The number of carboxylic acids is 1. The van der Waals surface area contributed by atoms with E-state index in [9.17, 15) is 22.8 Å². The van der Waals surface area contributed by atoms with Gasteiger partial charge >= 0.3 is 18.2 Å². The van der Waals surface area contributed by atoms with Gasteiger partial charge in [0.15, 0.2) is 0 Å². The molecule has 0 spiro atoms. The number of aliphatic carboxylic acids is 1. The lowest BCUT2D eigenvalue weighted by molar-refractivity contribution is -0.203. The number of carbonyl (C=O) groups excluding carboxylic acids is 1. The van der Waals surface area contributed by atoms with Crippen molar-refractivity contribution in [1.29, 1.82) is 0 Å². The molecule has 1 fully saturated rings. The van der Waals surface area contributed by atoms with Crippen molar-refractivity contribution in [2.45, 2.75) is 32.0 Å². The normalized spacial score (nSPS) is 23.6. The van der Waals surface area contributed by atoms with Crippen LogP contribution >= 0.6 is 0 Å². The van der Waals surface area contributed by atoms with Crippen LogP contribution in [0.25, 0.3) is 0 Å².